The molecular weight excluding hydrogens is 496 g/mol. The van der Waals surface area contributed by atoms with E-state index < -0.39 is 17.4 Å². The first-order valence-corrected chi connectivity index (χ1v) is 12.6. The average Bonchev–Trinajstić information content (AvgIpc) is 2.87. The van der Waals surface area contributed by atoms with Gasteiger partial charge in [-0.25, -0.2) is 4.79 Å². The van der Waals surface area contributed by atoms with Crippen LogP contribution in [0.15, 0.2) is 42.5 Å². The number of methoxy groups -OCH3 is 1. The summed E-state index contributed by atoms with van der Waals surface area (Å²) in [5, 5.41) is 1.33. The summed E-state index contributed by atoms with van der Waals surface area (Å²) < 4.78 is 29.4. The average molecular weight is 529 g/mol. The lowest BCUT2D eigenvalue weighted by Crippen LogP contribution is -2.26. The molecule has 3 aromatic rings. The van der Waals surface area contributed by atoms with Gasteiger partial charge in [0.1, 0.15) is 11.3 Å². The summed E-state index contributed by atoms with van der Waals surface area (Å²) in [4.78, 5) is 26.3. The van der Waals surface area contributed by atoms with E-state index in [-0.39, 0.29) is 28.6 Å². The Bertz CT molecular complexity index is 1280. The Labute approximate surface area is 222 Å². The van der Waals surface area contributed by atoms with Gasteiger partial charge in [0, 0.05) is 15.8 Å². The van der Waals surface area contributed by atoms with Gasteiger partial charge in [-0.15, -0.1) is 0 Å². The Morgan fingerprint density at radius 1 is 0.811 bits per heavy atom. The molecule has 3 aromatic carbocycles. The van der Waals surface area contributed by atoms with Gasteiger partial charge in [0.15, 0.2) is 11.5 Å². The summed E-state index contributed by atoms with van der Waals surface area (Å²) in [6, 6.07) is 11.8. The summed E-state index contributed by atoms with van der Waals surface area (Å²) in [6.07, 6.45) is 1.37. The van der Waals surface area contributed by atoms with Gasteiger partial charge in [-0.1, -0.05) is 37.6 Å². The zero-order chi connectivity index (χ0) is 27.2. The number of benzene rings is 3. The molecule has 0 fully saturated rings. The van der Waals surface area contributed by atoms with Crippen LogP contribution in [0, 0.1) is 5.41 Å². The Hall–Kier alpha value is -3.45. The van der Waals surface area contributed by atoms with Crippen LogP contribution >= 0.6 is 11.6 Å². The lowest BCUT2D eigenvalue weighted by molar-refractivity contribution is -0.143. The maximum absolute atomic E-state index is 13.3. The zero-order valence-corrected chi connectivity index (χ0v) is 22.9. The first kappa shape index (κ1) is 28.1. The van der Waals surface area contributed by atoms with E-state index in [1.165, 1.54) is 7.11 Å². The van der Waals surface area contributed by atoms with E-state index in [9.17, 15) is 9.59 Å². The minimum absolute atomic E-state index is 0.137. The summed E-state index contributed by atoms with van der Waals surface area (Å²) in [6.45, 7) is 9.81. The quantitative estimate of drug-likeness (QED) is 0.202. The predicted octanol–water partition coefficient (Wildman–Crippen LogP) is 7.25. The van der Waals surface area contributed by atoms with Gasteiger partial charge in [-0.2, -0.15) is 0 Å². The first-order valence-electron chi connectivity index (χ1n) is 12.2. The van der Waals surface area contributed by atoms with E-state index in [0.717, 1.165) is 0 Å². The summed E-state index contributed by atoms with van der Waals surface area (Å²) in [5.74, 6) is -0.0948. The summed E-state index contributed by atoms with van der Waals surface area (Å²) >= 11 is 6.35. The number of hydrogen-bond acceptors (Lipinski definition) is 7. The first-order chi connectivity index (χ1) is 17.6. The standard InChI is InChI=1S/C29H33ClO7/c1-7-15-34-25-23(36-27(31)20-11-9-10-12-22(20)33-6)19-14-13-18(30)17-21(19)24(26(25)35-16-8-2)37-28(32)29(3,4)5/h9-14,17H,7-8,15-16H2,1-6H3. The fourth-order valence-electron chi connectivity index (χ4n) is 3.43. The molecule has 0 aliphatic rings. The molecule has 7 nitrogen and oxygen atoms in total. The van der Waals surface area contributed by atoms with Crippen molar-refractivity contribution < 1.29 is 33.3 Å². The Morgan fingerprint density at radius 2 is 1.41 bits per heavy atom. The molecule has 0 N–H and O–H groups in total. The van der Waals surface area contributed by atoms with Gasteiger partial charge in [-0.3, -0.25) is 4.79 Å². The van der Waals surface area contributed by atoms with Crippen molar-refractivity contribution in [2.24, 2.45) is 5.41 Å². The molecule has 37 heavy (non-hydrogen) atoms. The second kappa shape index (κ2) is 12.2. The van der Waals surface area contributed by atoms with Gasteiger partial charge in [0.25, 0.3) is 0 Å². The lowest BCUT2D eigenvalue weighted by Gasteiger charge is -2.23. The van der Waals surface area contributed by atoms with Crippen molar-refractivity contribution in [3.8, 4) is 28.7 Å². The molecule has 0 saturated heterocycles. The molecule has 0 heterocycles. The van der Waals surface area contributed by atoms with Crippen LogP contribution in [0.1, 0.15) is 57.8 Å². The van der Waals surface area contributed by atoms with Crippen molar-refractivity contribution in [2.45, 2.75) is 47.5 Å². The molecule has 0 aromatic heterocycles. The molecule has 0 radical (unpaired) electrons. The zero-order valence-electron chi connectivity index (χ0n) is 22.1. The normalized spacial score (nSPS) is 11.2. The topological polar surface area (TPSA) is 80.3 Å². The third-order valence-electron chi connectivity index (χ3n) is 5.32. The maximum atomic E-state index is 13.3. The van der Waals surface area contributed by atoms with Gasteiger partial charge < -0.3 is 23.7 Å². The van der Waals surface area contributed by atoms with E-state index in [1.54, 1.807) is 63.2 Å². The van der Waals surface area contributed by atoms with E-state index >= 15 is 0 Å². The second-order valence-electron chi connectivity index (χ2n) is 9.43. The molecule has 198 valence electrons. The van der Waals surface area contributed by atoms with Crippen molar-refractivity contribution in [1.29, 1.82) is 0 Å². The molecule has 3 rings (SSSR count). The molecule has 0 aliphatic carbocycles. The van der Waals surface area contributed by atoms with E-state index in [2.05, 4.69) is 0 Å². The Kier molecular flexibility index (Phi) is 9.27. The highest BCUT2D eigenvalue weighted by molar-refractivity contribution is 6.31. The minimum Gasteiger partial charge on any atom is -0.496 e. The summed E-state index contributed by atoms with van der Waals surface area (Å²) in [5.41, 5.74) is -0.542. The smallest absolute Gasteiger partial charge is 0.347 e. The predicted molar refractivity (Wildman–Crippen MR) is 144 cm³/mol. The third kappa shape index (κ3) is 6.46. The van der Waals surface area contributed by atoms with Crippen LogP contribution in [0.3, 0.4) is 0 Å². The van der Waals surface area contributed by atoms with E-state index in [1.807, 2.05) is 13.8 Å². The highest BCUT2D eigenvalue weighted by Crippen LogP contribution is 2.52. The van der Waals surface area contributed by atoms with Crippen molar-refractivity contribution in [3.63, 3.8) is 0 Å². The third-order valence-corrected chi connectivity index (χ3v) is 5.55. The number of fused-ring (bicyclic) bond motifs is 1. The van der Waals surface area contributed by atoms with Crippen LogP contribution in [0.25, 0.3) is 10.8 Å². The van der Waals surface area contributed by atoms with Crippen molar-refractivity contribution in [3.05, 3.63) is 53.1 Å². The number of hydrogen-bond donors (Lipinski definition) is 0. The fraction of sp³-hybridized carbons (Fsp3) is 0.379. The largest absolute Gasteiger partial charge is 0.496 e. The lowest BCUT2D eigenvalue weighted by atomic mass is 9.97. The maximum Gasteiger partial charge on any atom is 0.347 e. The highest BCUT2D eigenvalue weighted by Gasteiger charge is 2.31. The molecule has 0 bridgehead atoms. The van der Waals surface area contributed by atoms with Crippen LogP contribution in [-0.2, 0) is 4.79 Å². The van der Waals surface area contributed by atoms with Crippen LogP contribution in [0.4, 0.5) is 0 Å². The SMILES string of the molecule is CCCOc1c(OCCC)c(OC(=O)C(C)(C)C)c2cc(Cl)ccc2c1OC(=O)c1ccccc1OC. The molecule has 0 atom stereocenters. The van der Waals surface area contributed by atoms with Gasteiger partial charge in [0.2, 0.25) is 11.5 Å². The fourth-order valence-corrected chi connectivity index (χ4v) is 3.61. The van der Waals surface area contributed by atoms with E-state index in [4.69, 9.17) is 35.3 Å². The van der Waals surface area contributed by atoms with Crippen LogP contribution in [-0.4, -0.2) is 32.3 Å². The molecule has 0 spiro atoms. The Morgan fingerprint density at radius 3 is 1.97 bits per heavy atom. The monoisotopic (exact) mass is 528 g/mol. The molecule has 8 heteroatoms. The number of carbonyl (C=O) groups is 2. The number of rotatable bonds is 10. The van der Waals surface area contributed by atoms with Crippen LogP contribution < -0.4 is 23.7 Å². The van der Waals surface area contributed by atoms with Crippen molar-refractivity contribution >= 4 is 34.3 Å². The Balaban J connectivity index is 2.31. The number of esters is 2. The number of halogens is 1. The van der Waals surface area contributed by atoms with Crippen molar-refractivity contribution in [1.82, 2.24) is 0 Å². The number of carbonyl (C=O) groups excluding carboxylic acids is 2. The van der Waals surface area contributed by atoms with Crippen LogP contribution in [0.5, 0.6) is 28.7 Å². The number of ether oxygens (including phenoxy) is 5. The van der Waals surface area contributed by atoms with Gasteiger partial charge in [0.05, 0.1) is 25.7 Å². The van der Waals surface area contributed by atoms with E-state index in [0.29, 0.717) is 47.6 Å². The van der Waals surface area contributed by atoms with Gasteiger partial charge >= 0.3 is 11.9 Å². The number of para-hydroxylation sites is 1. The molecule has 0 amide bonds. The van der Waals surface area contributed by atoms with Crippen molar-refractivity contribution in [2.75, 3.05) is 20.3 Å². The van der Waals surface area contributed by atoms with Gasteiger partial charge in [-0.05, 0) is 63.9 Å². The molecular formula is C29H33ClO7. The molecule has 0 unspecified atom stereocenters. The highest BCUT2D eigenvalue weighted by atomic mass is 35.5. The molecule has 0 saturated carbocycles. The second-order valence-corrected chi connectivity index (χ2v) is 9.87. The molecule has 0 aliphatic heterocycles. The summed E-state index contributed by atoms with van der Waals surface area (Å²) in [7, 11) is 1.48. The van der Waals surface area contributed by atoms with Crippen LogP contribution in [0.2, 0.25) is 5.02 Å². The minimum atomic E-state index is -0.785.